The molecule has 0 heterocycles. The lowest BCUT2D eigenvalue weighted by molar-refractivity contribution is 0.248. The molecule has 0 amide bonds. The van der Waals surface area contributed by atoms with Crippen molar-refractivity contribution in [2.75, 3.05) is 13.6 Å². The number of nitrogens with zero attached hydrogens (tertiary/aromatic N) is 1. The van der Waals surface area contributed by atoms with Crippen LogP contribution in [0.15, 0.2) is 0 Å². The third kappa shape index (κ3) is 3.89. The Morgan fingerprint density at radius 1 is 1.30 bits per heavy atom. The second kappa shape index (κ2) is 5.72. The fourth-order valence-corrected chi connectivity index (χ4v) is 0.940. The molecule has 1 nitrogen and oxygen atoms in total. The number of hydrogen-bond donors (Lipinski definition) is 0. The van der Waals surface area contributed by atoms with Gasteiger partial charge in [0.1, 0.15) is 0 Å². The molecular weight excluding hydrogens is 122 g/mol. The fourth-order valence-electron chi connectivity index (χ4n) is 0.940. The van der Waals surface area contributed by atoms with Crippen LogP contribution < -0.4 is 0 Å². The van der Waals surface area contributed by atoms with Crippen molar-refractivity contribution in [2.24, 2.45) is 0 Å². The molecular formula is C9H21N. The Morgan fingerprint density at radius 2 is 1.90 bits per heavy atom. The van der Waals surface area contributed by atoms with E-state index < -0.39 is 0 Å². The van der Waals surface area contributed by atoms with Crippen molar-refractivity contribution in [3.05, 3.63) is 0 Å². The zero-order valence-corrected chi connectivity index (χ0v) is 7.85. The Kier molecular flexibility index (Phi) is 5.70. The van der Waals surface area contributed by atoms with Gasteiger partial charge in [-0.3, -0.25) is 0 Å². The lowest BCUT2D eigenvalue weighted by Crippen LogP contribution is -2.29. The van der Waals surface area contributed by atoms with E-state index in [2.05, 4.69) is 32.7 Å². The van der Waals surface area contributed by atoms with Crippen molar-refractivity contribution in [3.63, 3.8) is 0 Å². The molecule has 0 N–H and O–H groups in total. The van der Waals surface area contributed by atoms with Gasteiger partial charge in [-0.1, -0.05) is 20.3 Å². The van der Waals surface area contributed by atoms with E-state index in [1.165, 1.54) is 25.8 Å². The Bertz CT molecular complexity index is 71.1. The summed E-state index contributed by atoms with van der Waals surface area (Å²) in [6, 6.07) is 0.756. The first-order chi connectivity index (χ1) is 4.72. The zero-order valence-electron chi connectivity index (χ0n) is 7.85. The molecule has 0 bridgehead atoms. The van der Waals surface area contributed by atoms with Crippen LogP contribution in [-0.4, -0.2) is 24.5 Å². The van der Waals surface area contributed by atoms with Gasteiger partial charge in [-0.15, -0.1) is 0 Å². The maximum atomic E-state index is 2.43. The van der Waals surface area contributed by atoms with Crippen molar-refractivity contribution >= 4 is 0 Å². The van der Waals surface area contributed by atoms with E-state index in [-0.39, 0.29) is 0 Å². The topological polar surface area (TPSA) is 3.24 Å². The van der Waals surface area contributed by atoms with Crippen LogP contribution in [0.5, 0.6) is 0 Å². The molecule has 1 heteroatoms. The van der Waals surface area contributed by atoms with E-state index in [1.807, 2.05) is 0 Å². The van der Waals surface area contributed by atoms with Crippen LogP contribution in [0.25, 0.3) is 0 Å². The molecule has 0 radical (unpaired) electrons. The van der Waals surface area contributed by atoms with Crippen LogP contribution in [0.2, 0.25) is 0 Å². The third-order valence-electron chi connectivity index (χ3n) is 2.21. The van der Waals surface area contributed by atoms with Gasteiger partial charge < -0.3 is 4.90 Å². The van der Waals surface area contributed by atoms with Crippen LogP contribution in [0.1, 0.15) is 40.0 Å². The summed E-state index contributed by atoms with van der Waals surface area (Å²) in [5.41, 5.74) is 0. The molecule has 0 aliphatic rings. The summed E-state index contributed by atoms with van der Waals surface area (Å²) in [4.78, 5) is 2.43. The smallest absolute Gasteiger partial charge is 0.00612 e. The van der Waals surface area contributed by atoms with Gasteiger partial charge in [-0.25, -0.2) is 0 Å². The van der Waals surface area contributed by atoms with Gasteiger partial charge in [0.15, 0.2) is 0 Å². The SMILES string of the molecule is CCCCN(C)[C@H](C)CC. The average molecular weight is 143 g/mol. The summed E-state index contributed by atoms with van der Waals surface area (Å²) in [7, 11) is 2.21. The Balaban J connectivity index is 3.31. The Morgan fingerprint density at radius 3 is 2.30 bits per heavy atom. The van der Waals surface area contributed by atoms with Gasteiger partial charge in [-0.2, -0.15) is 0 Å². The first kappa shape index (κ1) is 9.96. The minimum atomic E-state index is 0.756. The van der Waals surface area contributed by atoms with Crippen LogP contribution >= 0.6 is 0 Å². The second-order valence-corrected chi connectivity index (χ2v) is 3.09. The van der Waals surface area contributed by atoms with Crippen molar-refractivity contribution in [2.45, 2.75) is 46.1 Å². The standard InChI is InChI=1S/C9H21N/c1-5-7-8-10(4)9(3)6-2/h9H,5-8H2,1-4H3/t9-/m1/s1. The highest BCUT2D eigenvalue weighted by Gasteiger charge is 2.03. The lowest BCUT2D eigenvalue weighted by atomic mass is 10.2. The highest BCUT2D eigenvalue weighted by Crippen LogP contribution is 2.01. The quantitative estimate of drug-likeness (QED) is 0.571. The van der Waals surface area contributed by atoms with E-state index in [0.717, 1.165) is 6.04 Å². The van der Waals surface area contributed by atoms with Crippen LogP contribution in [0, 0.1) is 0 Å². The molecule has 0 saturated carbocycles. The fraction of sp³-hybridized carbons (Fsp3) is 1.00. The second-order valence-electron chi connectivity index (χ2n) is 3.09. The van der Waals surface area contributed by atoms with E-state index in [4.69, 9.17) is 0 Å². The molecule has 0 spiro atoms. The Hall–Kier alpha value is -0.0400. The monoisotopic (exact) mass is 143 g/mol. The zero-order chi connectivity index (χ0) is 7.98. The molecule has 0 aliphatic heterocycles. The van der Waals surface area contributed by atoms with Crippen LogP contribution in [0.3, 0.4) is 0 Å². The molecule has 1 atom stereocenters. The maximum Gasteiger partial charge on any atom is 0.00612 e. The maximum absolute atomic E-state index is 2.43. The van der Waals surface area contributed by atoms with Gasteiger partial charge in [0.25, 0.3) is 0 Å². The molecule has 62 valence electrons. The summed E-state index contributed by atoms with van der Waals surface area (Å²) in [5.74, 6) is 0. The molecule has 0 rings (SSSR count). The summed E-state index contributed by atoms with van der Waals surface area (Å²) in [6.07, 6.45) is 3.90. The normalized spacial score (nSPS) is 14.1. The molecule has 0 saturated heterocycles. The van der Waals surface area contributed by atoms with Crippen molar-refractivity contribution < 1.29 is 0 Å². The average Bonchev–Trinajstić information content (AvgIpc) is 1.98. The highest BCUT2D eigenvalue weighted by atomic mass is 15.1. The van der Waals surface area contributed by atoms with Crippen molar-refractivity contribution in [1.29, 1.82) is 0 Å². The van der Waals surface area contributed by atoms with Crippen molar-refractivity contribution in [3.8, 4) is 0 Å². The molecule has 0 aromatic heterocycles. The molecule has 0 unspecified atom stereocenters. The lowest BCUT2D eigenvalue weighted by Gasteiger charge is -2.22. The van der Waals surface area contributed by atoms with Gasteiger partial charge in [0, 0.05) is 6.04 Å². The minimum Gasteiger partial charge on any atom is -0.304 e. The first-order valence-electron chi connectivity index (χ1n) is 4.42. The molecule has 0 aliphatic carbocycles. The van der Waals surface area contributed by atoms with Gasteiger partial charge >= 0.3 is 0 Å². The number of hydrogen-bond acceptors (Lipinski definition) is 1. The molecule has 10 heavy (non-hydrogen) atoms. The predicted molar refractivity (Wildman–Crippen MR) is 47.3 cm³/mol. The predicted octanol–water partition coefficient (Wildman–Crippen LogP) is 2.52. The largest absolute Gasteiger partial charge is 0.304 e. The van der Waals surface area contributed by atoms with Gasteiger partial charge in [-0.05, 0) is 33.4 Å². The van der Waals surface area contributed by atoms with Crippen LogP contribution in [-0.2, 0) is 0 Å². The summed E-state index contributed by atoms with van der Waals surface area (Å²) in [5, 5.41) is 0. The van der Waals surface area contributed by atoms with E-state index >= 15 is 0 Å². The van der Waals surface area contributed by atoms with Crippen molar-refractivity contribution in [1.82, 2.24) is 4.90 Å². The third-order valence-corrected chi connectivity index (χ3v) is 2.21. The van der Waals surface area contributed by atoms with Gasteiger partial charge in [0.2, 0.25) is 0 Å². The molecule has 0 aromatic rings. The minimum absolute atomic E-state index is 0.756. The highest BCUT2D eigenvalue weighted by molar-refractivity contribution is 4.59. The number of rotatable bonds is 5. The van der Waals surface area contributed by atoms with Gasteiger partial charge in [0.05, 0.1) is 0 Å². The van der Waals surface area contributed by atoms with Crippen LogP contribution in [0.4, 0.5) is 0 Å². The summed E-state index contributed by atoms with van der Waals surface area (Å²) in [6.45, 7) is 8.03. The first-order valence-corrected chi connectivity index (χ1v) is 4.42. The Labute approximate surface area is 65.4 Å². The van der Waals surface area contributed by atoms with E-state index in [0.29, 0.717) is 0 Å². The number of unbranched alkanes of at least 4 members (excludes halogenated alkanes) is 1. The molecule has 0 aromatic carbocycles. The molecule has 0 fully saturated rings. The summed E-state index contributed by atoms with van der Waals surface area (Å²) < 4.78 is 0. The summed E-state index contributed by atoms with van der Waals surface area (Å²) >= 11 is 0. The van der Waals surface area contributed by atoms with E-state index in [9.17, 15) is 0 Å². The van der Waals surface area contributed by atoms with E-state index in [1.54, 1.807) is 0 Å².